The molecule has 5 heteroatoms. The Morgan fingerprint density at radius 1 is 1.25 bits per heavy atom. The summed E-state index contributed by atoms with van der Waals surface area (Å²) in [6, 6.07) is 0. The second kappa shape index (κ2) is 4.14. The number of hydrogen-bond donors (Lipinski definition) is 1. The Bertz CT molecular complexity index is 298. The maximum absolute atomic E-state index is 11.4. The lowest BCUT2D eigenvalue weighted by Gasteiger charge is -2.21. The minimum absolute atomic E-state index is 0.0593. The third-order valence-corrected chi connectivity index (χ3v) is 3.33. The summed E-state index contributed by atoms with van der Waals surface area (Å²) in [5.74, 6) is -0.119. The Balaban J connectivity index is 1.80. The fraction of sp³-hybridized carbons (Fsp3) is 0.818. The van der Waals surface area contributed by atoms with Gasteiger partial charge in [0.25, 0.3) is 0 Å². The van der Waals surface area contributed by atoms with Gasteiger partial charge in [-0.1, -0.05) is 0 Å². The molecule has 0 bridgehead atoms. The Labute approximate surface area is 95.0 Å². The lowest BCUT2D eigenvalue weighted by Crippen LogP contribution is -2.38. The van der Waals surface area contributed by atoms with Crippen molar-refractivity contribution in [1.82, 2.24) is 9.80 Å². The van der Waals surface area contributed by atoms with Crippen molar-refractivity contribution < 1.29 is 14.7 Å². The van der Waals surface area contributed by atoms with Crippen molar-refractivity contribution in [3.8, 4) is 0 Å². The number of carbonyl (C=O) groups is 2. The number of nitrogens with zero attached hydrogens (tertiary/aromatic N) is 2. The molecule has 16 heavy (non-hydrogen) atoms. The van der Waals surface area contributed by atoms with Gasteiger partial charge in [-0.3, -0.25) is 19.4 Å². The Kier molecular flexibility index (Phi) is 2.99. The lowest BCUT2D eigenvalue weighted by atomic mass is 10.1. The van der Waals surface area contributed by atoms with E-state index in [0.717, 1.165) is 13.0 Å². The highest BCUT2D eigenvalue weighted by molar-refractivity contribution is 6.01. The van der Waals surface area contributed by atoms with Crippen LogP contribution in [0, 0.1) is 0 Å². The molecule has 0 saturated carbocycles. The predicted molar refractivity (Wildman–Crippen MR) is 57.6 cm³/mol. The third-order valence-electron chi connectivity index (χ3n) is 3.33. The number of imide groups is 1. The first-order chi connectivity index (χ1) is 7.48. The van der Waals surface area contributed by atoms with Crippen LogP contribution in [0.5, 0.6) is 0 Å². The maximum atomic E-state index is 11.4. The first-order valence-electron chi connectivity index (χ1n) is 5.76. The molecule has 0 aliphatic carbocycles. The van der Waals surface area contributed by atoms with Gasteiger partial charge in [0.15, 0.2) is 0 Å². The van der Waals surface area contributed by atoms with Gasteiger partial charge >= 0.3 is 0 Å². The summed E-state index contributed by atoms with van der Waals surface area (Å²) in [5, 5.41) is 9.77. The number of likely N-dealkylation sites (tertiary alicyclic amines) is 2. The van der Waals surface area contributed by atoms with Gasteiger partial charge in [-0.05, 0) is 13.3 Å². The van der Waals surface area contributed by atoms with E-state index in [0.29, 0.717) is 32.5 Å². The van der Waals surface area contributed by atoms with Gasteiger partial charge in [-0.2, -0.15) is 0 Å². The van der Waals surface area contributed by atoms with E-state index in [2.05, 4.69) is 4.90 Å². The Hall–Kier alpha value is -0.940. The highest BCUT2D eigenvalue weighted by atomic mass is 16.3. The molecule has 2 saturated heterocycles. The van der Waals surface area contributed by atoms with Crippen LogP contribution < -0.4 is 0 Å². The molecule has 2 fully saturated rings. The zero-order valence-electron chi connectivity index (χ0n) is 9.61. The topological polar surface area (TPSA) is 60.9 Å². The van der Waals surface area contributed by atoms with Crippen molar-refractivity contribution in [2.45, 2.75) is 31.8 Å². The number of aliphatic hydroxyl groups is 1. The summed E-state index contributed by atoms with van der Waals surface area (Å²) in [7, 11) is 0. The van der Waals surface area contributed by atoms with E-state index in [4.69, 9.17) is 0 Å². The third kappa shape index (κ3) is 2.41. The largest absolute Gasteiger partial charge is 0.389 e. The Morgan fingerprint density at radius 3 is 2.38 bits per heavy atom. The van der Waals surface area contributed by atoms with E-state index in [-0.39, 0.29) is 11.8 Å². The van der Waals surface area contributed by atoms with Crippen LogP contribution in [0.4, 0.5) is 0 Å². The lowest BCUT2D eigenvalue weighted by molar-refractivity contribution is -0.138. The molecular formula is C11H18N2O3. The molecule has 90 valence electrons. The maximum Gasteiger partial charge on any atom is 0.229 e. The van der Waals surface area contributed by atoms with Gasteiger partial charge in [0.1, 0.15) is 0 Å². The quantitative estimate of drug-likeness (QED) is 0.665. The number of carbonyl (C=O) groups excluding carboxylic acids is 2. The summed E-state index contributed by atoms with van der Waals surface area (Å²) >= 11 is 0. The van der Waals surface area contributed by atoms with E-state index in [9.17, 15) is 14.7 Å². The number of β-amino-alcohol motifs (C(OH)–C–C–N with tert-alkyl or cyclic N) is 1. The zero-order chi connectivity index (χ0) is 11.8. The summed E-state index contributed by atoms with van der Waals surface area (Å²) in [4.78, 5) is 26.1. The van der Waals surface area contributed by atoms with Crippen LogP contribution in [-0.2, 0) is 9.59 Å². The molecule has 0 radical (unpaired) electrons. The molecule has 0 aromatic carbocycles. The molecule has 0 spiro atoms. The average molecular weight is 226 g/mol. The molecule has 0 aromatic rings. The van der Waals surface area contributed by atoms with Crippen LogP contribution >= 0.6 is 0 Å². The average Bonchev–Trinajstić information content (AvgIpc) is 2.69. The number of amides is 2. The molecule has 1 unspecified atom stereocenters. The van der Waals surface area contributed by atoms with Crippen LogP contribution in [0.2, 0.25) is 0 Å². The van der Waals surface area contributed by atoms with Crippen LogP contribution in [0.15, 0.2) is 0 Å². The van der Waals surface area contributed by atoms with E-state index in [1.807, 2.05) is 6.92 Å². The van der Waals surface area contributed by atoms with Crippen molar-refractivity contribution in [1.29, 1.82) is 0 Å². The minimum Gasteiger partial charge on any atom is -0.389 e. The summed E-state index contributed by atoms with van der Waals surface area (Å²) in [6.45, 7) is 4.42. The molecule has 2 aliphatic heterocycles. The summed E-state index contributed by atoms with van der Waals surface area (Å²) in [5.41, 5.74) is -0.612. The van der Waals surface area contributed by atoms with E-state index in [1.165, 1.54) is 4.90 Å². The second-order valence-electron chi connectivity index (χ2n) is 4.96. The molecular weight excluding hydrogens is 208 g/mol. The first-order valence-corrected chi connectivity index (χ1v) is 5.76. The van der Waals surface area contributed by atoms with E-state index >= 15 is 0 Å². The summed E-state index contributed by atoms with van der Waals surface area (Å²) in [6.07, 6.45) is 1.47. The van der Waals surface area contributed by atoms with Crippen molar-refractivity contribution >= 4 is 11.8 Å². The van der Waals surface area contributed by atoms with Crippen molar-refractivity contribution in [2.24, 2.45) is 0 Å². The van der Waals surface area contributed by atoms with E-state index < -0.39 is 5.60 Å². The van der Waals surface area contributed by atoms with Crippen LogP contribution in [-0.4, -0.2) is 58.5 Å². The predicted octanol–water partition coefficient (Wildman–Crippen LogP) is -0.408. The van der Waals surface area contributed by atoms with Crippen LogP contribution in [0.25, 0.3) is 0 Å². The fourth-order valence-corrected chi connectivity index (χ4v) is 2.34. The van der Waals surface area contributed by atoms with Crippen molar-refractivity contribution in [3.05, 3.63) is 0 Å². The summed E-state index contributed by atoms with van der Waals surface area (Å²) < 4.78 is 0. The van der Waals surface area contributed by atoms with Crippen molar-refractivity contribution in [3.63, 3.8) is 0 Å². The second-order valence-corrected chi connectivity index (χ2v) is 4.96. The normalized spacial score (nSPS) is 31.8. The number of hydrogen-bond acceptors (Lipinski definition) is 4. The van der Waals surface area contributed by atoms with Gasteiger partial charge in [-0.15, -0.1) is 0 Å². The molecule has 0 aromatic heterocycles. The van der Waals surface area contributed by atoms with E-state index in [1.54, 1.807) is 0 Å². The SMILES string of the molecule is CC1(O)CCN(CCN2C(=O)CCC2=O)C1. The van der Waals surface area contributed by atoms with Crippen LogP contribution in [0.3, 0.4) is 0 Å². The molecule has 2 rings (SSSR count). The molecule has 2 amide bonds. The molecule has 2 aliphatic rings. The zero-order valence-corrected chi connectivity index (χ0v) is 9.61. The molecule has 1 atom stereocenters. The van der Waals surface area contributed by atoms with Gasteiger partial charge in [0.2, 0.25) is 11.8 Å². The Morgan fingerprint density at radius 2 is 1.88 bits per heavy atom. The van der Waals surface area contributed by atoms with Gasteiger partial charge in [0.05, 0.1) is 5.60 Å². The fourth-order valence-electron chi connectivity index (χ4n) is 2.34. The number of rotatable bonds is 3. The molecule has 2 heterocycles. The molecule has 1 N–H and O–H groups in total. The van der Waals surface area contributed by atoms with Gasteiger partial charge in [0, 0.05) is 39.0 Å². The van der Waals surface area contributed by atoms with Gasteiger partial charge in [-0.25, -0.2) is 0 Å². The monoisotopic (exact) mass is 226 g/mol. The van der Waals surface area contributed by atoms with Crippen molar-refractivity contribution in [2.75, 3.05) is 26.2 Å². The first kappa shape index (κ1) is 11.5. The standard InChI is InChI=1S/C11H18N2O3/c1-11(16)4-5-12(8-11)6-7-13-9(14)2-3-10(13)15/h16H,2-8H2,1H3. The molecule has 5 nitrogen and oxygen atoms in total. The minimum atomic E-state index is -0.612. The smallest absolute Gasteiger partial charge is 0.229 e. The van der Waals surface area contributed by atoms with Gasteiger partial charge < -0.3 is 5.11 Å². The highest BCUT2D eigenvalue weighted by Gasteiger charge is 2.33. The highest BCUT2D eigenvalue weighted by Crippen LogP contribution is 2.20. The van der Waals surface area contributed by atoms with Crippen LogP contribution in [0.1, 0.15) is 26.2 Å².